The van der Waals surface area contributed by atoms with E-state index in [-0.39, 0.29) is 17.1 Å². The van der Waals surface area contributed by atoms with Crippen LogP contribution in [0.4, 0.5) is 5.69 Å². The second-order valence-electron chi connectivity index (χ2n) is 3.97. The number of nitrogens with zero attached hydrogens (tertiary/aromatic N) is 1. The van der Waals surface area contributed by atoms with Gasteiger partial charge >= 0.3 is 0 Å². The van der Waals surface area contributed by atoms with Crippen LogP contribution in [0.15, 0.2) is 18.2 Å². The van der Waals surface area contributed by atoms with Gasteiger partial charge in [-0.25, -0.2) is 0 Å². The number of Topliss-reactive ketones (excluding diaryl/α,β-unsaturated/α-hetero) is 1. The molecule has 1 aromatic carbocycles. The number of carbonyl (C=O) groups is 1. The average molecular weight is 219 g/mol. The van der Waals surface area contributed by atoms with Gasteiger partial charge in [0.15, 0.2) is 11.5 Å². The number of nitrogens with one attached hydrogen (secondary N) is 1. The van der Waals surface area contributed by atoms with Gasteiger partial charge in [0.25, 0.3) is 0 Å². The Bertz CT molecular complexity index is 398. The van der Waals surface area contributed by atoms with E-state index in [4.69, 9.17) is 0 Å². The Morgan fingerprint density at radius 3 is 2.62 bits per heavy atom. The highest BCUT2D eigenvalue weighted by atomic mass is 16.3. The molecule has 1 aromatic rings. The number of benzene rings is 1. The molecule has 0 atom stereocenters. The lowest BCUT2D eigenvalue weighted by Crippen LogP contribution is -2.43. The third kappa shape index (κ3) is 2.17. The fraction of sp³-hybridized carbons (Fsp3) is 0.417. The van der Waals surface area contributed by atoms with Crippen molar-refractivity contribution in [3.8, 4) is 5.75 Å². The fourth-order valence-corrected chi connectivity index (χ4v) is 1.91. The number of carbonyl (C=O) groups excluding carboxylic acids is 1. The lowest BCUT2D eigenvalue weighted by Gasteiger charge is -2.29. The molecule has 1 N–H and O–H groups in total. The highest BCUT2D eigenvalue weighted by molar-refractivity contribution is 5.97. The lowest BCUT2D eigenvalue weighted by atomic mass is 10.1. The van der Waals surface area contributed by atoms with E-state index < -0.39 is 0 Å². The molecule has 0 amide bonds. The molecular weight excluding hydrogens is 204 g/mol. The normalized spacial score (nSPS) is 16.2. The predicted molar refractivity (Wildman–Crippen MR) is 61.7 cm³/mol. The summed E-state index contributed by atoms with van der Waals surface area (Å²) in [6.45, 7) is 5.13. The van der Waals surface area contributed by atoms with Gasteiger partial charge in [0, 0.05) is 31.9 Å². The molecule has 0 bridgehead atoms. The van der Waals surface area contributed by atoms with Gasteiger partial charge in [-0.05, 0) is 25.1 Å². The van der Waals surface area contributed by atoms with E-state index in [0.29, 0.717) is 0 Å². The minimum absolute atomic E-state index is 0.165. The molecule has 85 valence electrons. The van der Waals surface area contributed by atoms with E-state index in [0.717, 1.165) is 31.9 Å². The van der Waals surface area contributed by atoms with Gasteiger partial charge in [-0.15, -0.1) is 0 Å². The zero-order chi connectivity index (χ0) is 11.5. The second kappa shape index (κ2) is 4.53. The van der Waals surface area contributed by atoms with Crippen molar-refractivity contribution in [2.45, 2.75) is 6.92 Å². The summed E-state index contributed by atoms with van der Waals surface area (Å²) in [4.78, 5) is 13.5. The molecule has 0 aliphatic carbocycles. The first kappa shape index (κ1) is 11.0. The number of ketones is 1. The highest BCUT2D eigenvalue weighted by Crippen LogP contribution is 2.25. The van der Waals surface area contributed by atoms with E-state index in [1.54, 1.807) is 12.1 Å². The summed E-state index contributed by atoms with van der Waals surface area (Å²) in [5, 5.41) is 14.7. The number of anilines is 1. The van der Waals surface area contributed by atoms with Gasteiger partial charge in [-0.3, -0.25) is 9.90 Å². The summed E-state index contributed by atoms with van der Waals surface area (Å²) < 4.78 is 0. The van der Waals surface area contributed by atoms with E-state index in [1.165, 1.54) is 13.0 Å². The highest BCUT2D eigenvalue weighted by Gasteiger charge is 2.14. The molecule has 1 heterocycles. The Balaban J connectivity index is 2.27. The van der Waals surface area contributed by atoms with Gasteiger partial charge in [-0.2, -0.15) is 0 Å². The molecule has 0 unspecified atom stereocenters. The molecule has 2 rings (SSSR count). The van der Waals surface area contributed by atoms with Crippen molar-refractivity contribution in [3.63, 3.8) is 0 Å². The standard InChI is InChI=1S/C12H15N2O2/c1-9(15)11-8-10(2-3-12(11)16)14-6-4-13-5-7-14/h2-3,8,13H,4-7H2,1H3. The average Bonchev–Trinajstić information content (AvgIpc) is 2.30. The zero-order valence-electron chi connectivity index (χ0n) is 9.32. The molecule has 1 aliphatic heterocycles. The van der Waals surface area contributed by atoms with Crippen molar-refractivity contribution in [2.24, 2.45) is 0 Å². The number of rotatable bonds is 2. The maximum Gasteiger partial charge on any atom is 0.189 e. The predicted octanol–water partition coefficient (Wildman–Crippen LogP) is 1.44. The van der Waals surface area contributed by atoms with Crippen LogP contribution in [-0.4, -0.2) is 32.0 Å². The van der Waals surface area contributed by atoms with Gasteiger partial charge < -0.3 is 10.2 Å². The first-order valence-corrected chi connectivity index (χ1v) is 5.46. The van der Waals surface area contributed by atoms with Crippen LogP contribution < -0.4 is 10.2 Å². The summed E-state index contributed by atoms with van der Waals surface area (Å²) in [5.41, 5.74) is 1.25. The molecule has 4 nitrogen and oxygen atoms in total. The van der Waals surface area contributed by atoms with E-state index in [2.05, 4.69) is 10.2 Å². The van der Waals surface area contributed by atoms with Crippen molar-refractivity contribution < 1.29 is 9.90 Å². The van der Waals surface area contributed by atoms with E-state index in [1.807, 2.05) is 0 Å². The molecule has 0 saturated carbocycles. The van der Waals surface area contributed by atoms with Crippen LogP contribution in [0.3, 0.4) is 0 Å². The molecule has 1 aliphatic rings. The van der Waals surface area contributed by atoms with Crippen LogP contribution in [0, 0.1) is 0 Å². The van der Waals surface area contributed by atoms with E-state index in [9.17, 15) is 9.90 Å². The number of piperazine rings is 1. The number of hydrogen-bond acceptors (Lipinski definition) is 3. The van der Waals surface area contributed by atoms with Crippen molar-refractivity contribution in [2.75, 3.05) is 31.1 Å². The third-order valence-electron chi connectivity index (χ3n) is 2.82. The molecule has 16 heavy (non-hydrogen) atoms. The minimum Gasteiger partial charge on any atom is -0.369 e. The topological polar surface area (TPSA) is 52.2 Å². The Morgan fingerprint density at radius 1 is 1.31 bits per heavy atom. The lowest BCUT2D eigenvalue weighted by molar-refractivity contribution is 0.101. The first-order chi connectivity index (χ1) is 7.68. The van der Waals surface area contributed by atoms with Crippen molar-refractivity contribution in [1.82, 2.24) is 5.32 Å². The van der Waals surface area contributed by atoms with Crippen molar-refractivity contribution >= 4 is 11.5 Å². The molecule has 1 saturated heterocycles. The molecule has 4 heteroatoms. The van der Waals surface area contributed by atoms with Crippen LogP contribution >= 0.6 is 0 Å². The van der Waals surface area contributed by atoms with Crippen LogP contribution in [-0.2, 0) is 5.11 Å². The van der Waals surface area contributed by atoms with Crippen molar-refractivity contribution in [3.05, 3.63) is 23.8 Å². The van der Waals surface area contributed by atoms with Gasteiger partial charge in [0.05, 0.1) is 5.56 Å². The Hall–Kier alpha value is -1.55. The van der Waals surface area contributed by atoms with Gasteiger partial charge in [0.2, 0.25) is 0 Å². The maximum atomic E-state index is 11.4. The summed E-state index contributed by atoms with van der Waals surface area (Å²) >= 11 is 0. The Kier molecular flexibility index (Phi) is 3.10. The van der Waals surface area contributed by atoms with Gasteiger partial charge in [0.1, 0.15) is 0 Å². The molecule has 1 radical (unpaired) electrons. The van der Waals surface area contributed by atoms with Crippen LogP contribution in [0.2, 0.25) is 0 Å². The monoisotopic (exact) mass is 219 g/mol. The Labute approximate surface area is 94.9 Å². The fourth-order valence-electron chi connectivity index (χ4n) is 1.91. The quantitative estimate of drug-likeness (QED) is 0.766. The van der Waals surface area contributed by atoms with Crippen LogP contribution in [0.1, 0.15) is 17.3 Å². The van der Waals surface area contributed by atoms with Crippen LogP contribution in [0.5, 0.6) is 5.75 Å². The van der Waals surface area contributed by atoms with Crippen LogP contribution in [0.25, 0.3) is 0 Å². The summed E-state index contributed by atoms with van der Waals surface area (Å²) in [6, 6.07) is 4.98. The summed E-state index contributed by atoms with van der Waals surface area (Å²) in [5.74, 6) is -0.353. The first-order valence-electron chi connectivity index (χ1n) is 5.46. The zero-order valence-corrected chi connectivity index (χ0v) is 9.32. The second-order valence-corrected chi connectivity index (χ2v) is 3.97. The Morgan fingerprint density at radius 2 is 2.00 bits per heavy atom. The van der Waals surface area contributed by atoms with Crippen molar-refractivity contribution in [1.29, 1.82) is 0 Å². The smallest absolute Gasteiger partial charge is 0.189 e. The number of hydrogen-bond donors (Lipinski definition) is 1. The third-order valence-corrected chi connectivity index (χ3v) is 2.82. The van der Waals surface area contributed by atoms with E-state index >= 15 is 0 Å². The minimum atomic E-state index is -0.189. The van der Waals surface area contributed by atoms with Gasteiger partial charge in [-0.1, -0.05) is 0 Å². The molecule has 1 fully saturated rings. The molecule has 0 spiro atoms. The summed E-state index contributed by atoms with van der Waals surface area (Å²) in [6.07, 6.45) is 0. The maximum absolute atomic E-state index is 11.4. The SMILES string of the molecule is CC(=O)c1cc(N2CCNCC2)ccc1[O]. The molecule has 0 aromatic heterocycles. The largest absolute Gasteiger partial charge is 0.369 e. The molecular formula is C12H15N2O2. The summed E-state index contributed by atoms with van der Waals surface area (Å²) in [7, 11) is 0.